The van der Waals surface area contributed by atoms with E-state index in [9.17, 15) is 18.3 Å². The molecule has 1 fully saturated rings. The Morgan fingerprint density at radius 2 is 2.22 bits per heavy atom. The Morgan fingerprint density at radius 3 is 2.61 bits per heavy atom. The van der Waals surface area contributed by atoms with Gasteiger partial charge in [-0.2, -0.15) is 4.72 Å². The van der Waals surface area contributed by atoms with Crippen molar-refractivity contribution in [2.24, 2.45) is 5.92 Å². The van der Waals surface area contributed by atoms with Gasteiger partial charge in [0, 0.05) is 0 Å². The van der Waals surface area contributed by atoms with Crippen LogP contribution in [0.25, 0.3) is 0 Å². The molecule has 2 rings (SSSR count). The number of aryl methyl sites for hydroxylation is 1. The minimum atomic E-state index is -3.82. The first-order valence-corrected chi connectivity index (χ1v) is 7.75. The molecule has 1 aliphatic carbocycles. The summed E-state index contributed by atoms with van der Waals surface area (Å²) in [6, 6.07) is 0. The molecule has 6 nitrogen and oxygen atoms in total. The summed E-state index contributed by atoms with van der Waals surface area (Å²) in [5, 5.41) is 9.84. The zero-order valence-electron chi connectivity index (χ0n) is 10.0. The van der Waals surface area contributed by atoms with Gasteiger partial charge in [0.1, 0.15) is 5.54 Å². The van der Waals surface area contributed by atoms with Crippen LogP contribution in [0, 0.1) is 12.8 Å². The van der Waals surface area contributed by atoms with E-state index in [1.807, 2.05) is 0 Å². The van der Waals surface area contributed by atoms with Crippen molar-refractivity contribution in [1.82, 2.24) is 9.71 Å². The average Bonchev–Trinajstić information content (AvgIpc) is 3.01. The van der Waals surface area contributed by atoms with Gasteiger partial charge < -0.3 is 5.11 Å². The average molecular weight is 290 g/mol. The molecule has 0 saturated heterocycles. The second-order valence-corrected chi connectivity index (χ2v) is 7.73. The number of sulfonamides is 1. The van der Waals surface area contributed by atoms with Crippen LogP contribution in [0.15, 0.2) is 10.4 Å². The molecule has 0 aromatic carbocycles. The van der Waals surface area contributed by atoms with E-state index in [1.165, 1.54) is 13.1 Å². The number of carboxylic acid groups (broad SMARTS) is 1. The molecule has 2 N–H and O–H groups in total. The fourth-order valence-electron chi connectivity index (χ4n) is 1.76. The molecule has 0 bridgehead atoms. The molecule has 1 unspecified atom stereocenters. The van der Waals surface area contributed by atoms with Crippen molar-refractivity contribution >= 4 is 27.3 Å². The van der Waals surface area contributed by atoms with Crippen molar-refractivity contribution in [3.63, 3.8) is 0 Å². The summed E-state index contributed by atoms with van der Waals surface area (Å²) < 4.78 is 26.5. The van der Waals surface area contributed by atoms with Crippen LogP contribution < -0.4 is 4.72 Å². The first kappa shape index (κ1) is 13.4. The molecule has 1 aliphatic rings. The Balaban J connectivity index is 2.29. The lowest BCUT2D eigenvalue weighted by Crippen LogP contribution is -2.53. The molecule has 100 valence electrons. The maximum Gasteiger partial charge on any atom is 0.324 e. The summed E-state index contributed by atoms with van der Waals surface area (Å²) in [5.74, 6) is -1.28. The van der Waals surface area contributed by atoms with Crippen LogP contribution in [-0.4, -0.2) is 30.0 Å². The molecule has 1 aromatic rings. The number of thiazole rings is 1. The number of carbonyl (C=O) groups is 1. The highest BCUT2D eigenvalue weighted by atomic mass is 32.2. The second kappa shape index (κ2) is 4.29. The van der Waals surface area contributed by atoms with E-state index in [2.05, 4.69) is 9.71 Å². The van der Waals surface area contributed by atoms with E-state index < -0.39 is 21.5 Å². The lowest BCUT2D eigenvalue weighted by atomic mass is 9.98. The molecular weight excluding hydrogens is 276 g/mol. The largest absolute Gasteiger partial charge is 0.480 e. The monoisotopic (exact) mass is 290 g/mol. The van der Waals surface area contributed by atoms with E-state index in [0.29, 0.717) is 5.01 Å². The summed E-state index contributed by atoms with van der Waals surface area (Å²) in [6.07, 6.45) is 2.71. The lowest BCUT2D eigenvalue weighted by Gasteiger charge is -2.25. The van der Waals surface area contributed by atoms with E-state index in [-0.39, 0.29) is 10.1 Å². The van der Waals surface area contributed by atoms with E-state index in [1.54, 1.807) is 6.92 Å². The summed E-state index contributed by atoms with van der Waals surface area (Å²) in [5.41, 5.74) is -1.43. The number of nitrogens with zero attached hydrogens (tertiary/aromatic N) is 1. The van der Waals surface area contributed by atoms with Gasteiger partial charge in [-0.25, -0.2) is 13.4 Å². The highest BCUT2D eigenvalue weighted by molar-refractivity contribution is 7.91. The third kappa shape index (κ3) is 2.40. The molecule has 0 aliphatic heterocycles. The normalized spacial score (nSPS) is 19.4. The van der Waals surface area contributed by atoms with Gasteiger partial charge in [-0.1, -0.05) is 0 Å². The van der Waals surface area contributed by atoms with E-state index in [0.717, 1.165) is 24.2 Å². The molecule has 1 atom stereocenters. The van der Waals surface area contributed by atoms with Crippen molar-refractivity contribution in [3.8, 4) is 0 Å². The molecule has 1 aromatic heterocycles. The highest BCUT2D eigenvalue weighted by Crippen LogP contribution is 2.40. The maximum atomic E-state index is 12.1. The standard InChI is InChI=1S/C10H14N2O4S2/c1-6-11-5-8(17-6)18(15,16)12-10(2,9(13)14)7-3-4-7/h5,7,12H,3-4H2,1-2H3,(H,13,14). The Labute approximate surface area is 109 Å². The number of hydrogen-bond acceptors (Lipinski definition) is 5. The molecule has 0 amide bonds. The quantitative estimate of drug-likeness (QED) is 0.842. The predicted molar refractivity (Wildman–Crippen MR) is 65.9 cm³/mol. The molecule has 18 heavy (non-hydrogen) atoms. The van der Waals surface area contributed by atoms with E-state index >= 15 is 0 Å². The van der Waals surface area contributed by atoms with Gasteiger partial charge in [-0.15, -0.1) is 11.3 Å². The summed E-state index contributed by atoms with van der Waals surface area (Å²) in [6.45, 7) is 3.11. The number of nitrogens with one attached hydrogen (secondary N) is 1. The van der Waals surface area contributed by atoms with Crippen LogP contribution in [0.1, 0.15) is 24.8 Å². The maximum absolute atomic E-state index is 12.1. The molecule has 8 heteroatoms. The smallest absolute Gasteiger partial charge is 0.324 e. The van der Waals surface area contributed by atoms with Crippen molar-refractivity contribution in [2.75, 3.05) is 0 Å². The van der Waals surface area contributed by atoms with Crippen molar-refractivity contribution in [3.05, 3.63) is 11.2 Å². The topological polar surface area (TPSA) is 96.4 Å². The number of carboxylic acids is 1. The van der Waals surface area contributed by atoms with Crippen molar-refractivity contribution < 1.29 is 18.3 Å². The van der Waals surface area contributed by atoms with Crippen LogP contribution >= 0.6 is 11.3 Å². The first-order chi connectivity index (χ1) is 8.25. The third-order valence-electron chi connectivity index (χ3n) is 3.05. The third-order valence-corrected chi connectivity index (χ3v) is 5.99. The number of aromatic nitrogens is 1. The van der Waals surface area contributed by atoms with Crippen molar-refractivity contribution in [2.45, 2.75) is 36.4 Å². The number of rotatable bonds is 5. The summed E-state index contributed by atoms with van der Waals surface area (Å²) in [4.78, 5) is 15.1. The fraction of sp³-hybridized carbons (Fsp3) is 0.600. The van der Waals surface area contributed by atoms with Crippen LogP contribution in [-0.2, 0) is 14.8 Å². The van der Waals surface area contributed by atoms with Crippen LogP contribution in [0.5, 0.6) is 0 Å². The van der Waals surface area contributed by atoms with Gasteiger partial charge in [-0.05, 0) is 32.6 Å². The Bertz CT molecular complexity index is 576. The van der Waals surface area contributed by atoms with Gasteiger partial charge in [0.15, 0.2) is 4.21 Å². The zero-order chi connectivity index (χ0) is 13.6. The van der Waals surface area contributed by atoms with Gasteiger partial charge in [0.2, 0.25) is 0 Å². The molecular formula is C10H14N2O4S2. The van der Waals surface area contributed by atoms with Gasteiger partial charge in [0.05, 0.1) is 11.2 Å². The van der Waals surface area contributed by atoms with Crippen LogP contribution in [0.2, 0.25) is 0 Å². The molecule has 0 spiro atoms. The first-order valence-electron chi connectivity index (χ1n) is 5.45. The Kier molecular flexibility index (Phi) is 3.20. The SMILES string of the molecule is Cc1ncc(S(=O)(=O)NC(C)(C(=O)O)C2CC2)s1. The van der Waals surface area contributed by atoms with Gasteiger partial charge in [0.25, 0.3) is 10.0 Å². The number of hydrogen-bond donors (Lipinski definition) is 2. The number of aliphatic carboxylic acids is 1. The fourth-order valence-corrected chi connectivity index (χ4v) is 4.29. The Hall–Kier alpha value is -0.990. The van der Waals surface area contributed by atoms with Gasteiger partial charge in [-0.3, -0.25) is 4.79 Å². The predicted octanol–water partition coefficient (Wildman–Crippen LogP) is 0.983. The molecule has 1 heterocycles. The molecule has 0 radical (unpaired) electrons. The van der Waals surface area contributed by atoms with Crippen LogP contribution in [0.3, 0.4) is 0 Å². The summed E-state index contributed by atoms with van der Waals surface area (Å²) >= 11 is 1.02. The van der Waals surface area contributed by atoms with E-state index in [4.69, 9.17) is 0 Å². The zero-order valence-corrected chi connectivity index (χ0v) is 11.6. The minimum absolute atomic E-state index is 0.0492. The van der Waals surface area contributed by atoms with Gasteiger partial charge >= 0.3 is 5.97 Å². The lowest BCUT2D eigenvalue weighted by molar-refractivity contribution is -0.144. The minimum Gasteiger partial charge on any atom is -0.480 e. The highest BCUT2D eigenvalue weighted by Gasteiger charge is 2.50. The Morgan fingerprint density at radius 1 is 1.61 bits per heavy atom. The second-order valence-electron chi connectivity index (χ2n) is 4.59. The van der Waals surface area contributed by atoms with Crippen molar-refractivity contribution in [1.29, 1.82) is 0 Å². The van der Waals surface area contributed by atoms with Crippen LogP contribution in [0.4, 0.5) is 0 Å². The summed E-state index contributed by atoms with van der Waals surface area (Å²) in [7, 11) is -3.82. The molecule has 1 saturated carbocycles.